The summed E-state index contributed by atoms with van der Waals surface area (Å²) >= 11 is 0. The molecule has 1 aromatic carbocycles. The van der Waals surface area contributed by atoms with Crippen LogP contribution in [0.15, 0.2) is 18.2 Å². The number of piperazine rings is 1. The van der Waals surface area contributed by atoms with Crippen molar-refractivity contribution in [2.24, 2.45) is 0 Å². The molecule has 22 heavy (non-hydrogen) atoms. The number of amides is 2. The van der Waals surface area contributed by atoms with Crippen LogP contribution in [0, 0.1) is 18.2 Å². The molecule has 0 aromatic heterocycles. The van der Waals surface area contributed by atoms with E-state index in [0.717, 1.165) is 18.7 Å². The molecule has 1 saturated heterocycles. The number of terminal acetylenes is 1. The summed E-state index contributed by atoms with van der Waals surface area (Å²) in [5, 5.41) is 2.66. The monoisotopic (exact) mass is 305 g/mol. The minimum atomic E-state index is -0.275. The number of carbonyl (C=O) groups excluding carboxylic acids is 1. The zero-order valence-corrected chi connectivity index (χ0v) is 12.6. The van der Waals surface area contributed by atoms with Gasteiger partial charge in [0, 0.05) is 38.3 Å². The van der Waals surface area contributed by atoms with Crippen LogP contribution in [0.2, 0.25) is 0 Å². The molecule has 1 aliphatic heterocycles. The van der Waals surface area contributed by atoms with Crippen molar-refractivity contribution < 1.29 is 13.9 Å². The number of carbonyl (C=O) groups is 1. The van der Waals surface area contributed by atoms with E-state index in [1.807, 2.05) is 0 Å². The van der Waals surface area contributed by atoms with Crippen LogP contribution in [-0.4, -0.2) is 55.7 Å². The second-order valence-corrected chi connectivity index (χ2v) is 5.08. The van der Waals surface area contributed by atoms with Gasteiger partial charge in [0.05, 0.1) is 13.7 Å². The SMILES string of the molecule is C#CCNC(=O)N1CCN(Cc2cc(F)ccc2OC)CC1. The van der Waals surface area contributed by atoms with Gasteiger partial charge in [-0.05, 0) is 18.2 Å². The van der Waals surface area contributed by atoms with Crippen molar-refractivity contribution in [1.29, 1.82) is 0 Å². The van der Waals surface area contributed by atoms with Crippen LogP contribution in [0.1, 0.15) is 5.56 Å². The molecular formula is C16H20FN3O2. The highest BCUT2D eigenvalue weighted by atomic mass is 19.1. The maximum Gasteiger partial charge on any atom is 0.318 e. The molecule has 1 heterocycles. The zero-order valence-electron chi connectivity index (χ0n) is 12.6. The minimum Gasteiger partial charge on any atom is -0.496 e. The molecule has 6 heteroatoms. The third-order valence-electron chi connectivity index (χ3n) is 3.64. The summed E-state index contributed by atoms with van der Waals surface area (Å²) < 4.78 is 18.6. The molecule has 5 nitrogen and oxygen atoms in total. The fourth-order valence-corrected chi connectivity index (χ4v) is 2.46. The third-order valence-corrected chi connectivity index (χ3v) is 3.64. The summed E-state index contributed by atoms with van der Waals surface area (Å²) in [7, 11) is 1.57. The lowest BCUT2D eigenvalue weighted by Crippen LogP contribution is -2.51. The highest BCUT2D eigenvalue weighted by molar-refractivity contribution is 5.74. The summed E-state index contributed by atoms with van der Waals surface area (Å²) in [4.78, 5) is 15.7. The first kappa shape index (κ1) is 16.1. The van der Waals surface area contributed by atoms with E-state index in [1.165, 1.54) is 12.1 Å². The minimum absolute atomic E-state index is 0.138. The first-order valence-electron chi connectivity index (χ1n) is 7.15. The maximum absolute atomic E-state index is 13.4. The topological polar surface area (TPSA) is 44.8 Å². The fraction of sp³-hybridized carbons (Fsp3) is 0.438. The Morgan fingerprint density at radius 2 is 2.14 bits per heavy atom. The van der Waals surface area contributed by atoms with E-state index in [4.69, 9.17) is 11.2 Å². The number of nitrogens with one attached hydrogen (secondary N) is 1. The Kier molecular flexibility index (Phi) is 5.61. The molecule has 0 spiro atoms. The molecule has 2 rings (SSSR count). The van der Waals surface area contributed by atoms with Crippen molar-refractivity contribution >= 4 is 6.03 Å². The van der Waals surface area contributed by atoms with Gasteiger partial charge in [0.25, 0.3) is 0 Å². The van der Waals surface area contributed by atoms with Crippen molar-refractivity contribution in [2.75, 3.05) is 39.8 Å². The third kappa shape index (κ3) is 4.12. The molecule has 118 valence electrons. The Bertz CT molecular complexity index is 563. The van der Waals surface area contributed by atoms with Crippen LogP contribution in [0.3, 0.4) is 0 Å². The molecule has 1 aliphatic rings. The Morgan fingerprint density at radius 3 is 2.77 bits per heavy atom. The number of halogens is 1. The standard InChI is InChI=1S/C16H20FN3O2/c1-3-6-18-16(21)20-9-7-19(8-10-20)12-13-11-14(17)4-5-15(13)22-2/h1,4-5,11H,6-10,12H2,2H3,(H,18,21). The molecule has 1 fully saturated rings. The van der Waals surface area contributed by atoms with E-state index in [0.29, 0.717) is 25.4 Å². The number of hydrogen-bond donors (Lipinski definition) is 1. The molecule has 0 unspecified atom stereocenters. The van der Waals surface area contributed by atoms with Gasteiger partial charge in [-0.15, -0.1) is 6.42 Å². The summed E-state index contributed by atoms with van der Waals surface area (Å²) in [6.45, 7) is 3.52. The second-order valence-electron chi connectivity index (χ2n) is 5.08. The van der Waals surface area contributed by atoms with Gasteiger partial charge in [-0.3, -0.25) is 4.90 Å². The van der Waals surface area contributed by atoms with Crippen LogP contribution < -0.4 is 10.1 Å². The number of nitrogens with zero attached hydrogens (tertiary/aromatic N) is 2. The Hall–Kier alpha value is -2.26. The number of benzene rings is 1. The van der Waals surface area contributed by atoms with Gasteiger partial charge in [-0.25, -0.2) is 9.18 Å². The number of rotatable bonds is 4. The molecule has 0 radical (unpaired) electrons. The summed E-state index contributed by atoms with van der Waals surface area (Å²) in [6.07, 6.45) is 5.12. The molecule has 0 saturated carbocycles. The van der Waals surface area contributed by atoms with Crippen LogP contribution >= 0.6 is 0 Å². The van der Waals surface area contributed by atoms with Gasteiger partial charge >= 0.3 is 6.03 Å². The van der Waals surface area contributed by atoms with E-state index in [9.17, 15) is 9.18 Å². The lowest BCUT2D eigenvalue weighted by atomic mass is 10.1. The highest BCUT2D eigenvalue weighted by Crippen LogP contribution is 2.21. The number of urea groups is 1. The van der Waals surface area contributed by atoms with Gasteiger partial charge < -0.3 is 15.0 Å². The number of ether oxygens (including phenoxy) is 1. The quantitative estimate of drug-likeness (QED) is 0.853. The van der Waals surface area contributed by atoms with Crippen molar-refractivity contribution in [3.63, 3.8) is 0 Å². The molecule has 0 aliphatic carbocycles. The normalized spacial score (nSPS) is 15.2. The lowest BCUT2D eigenvalue weighted by molar-refractivity contribution is 0.135. The average molecular weight is 305 g/mol. The van der Waals surface area contributed by atoms with E-state index < -0.39 is 0 Å². The number of methoxy groups -OCH3 is 1. The Balaban J connectivity index is 1.89. The number of hydrogen-bond acceptors (Lipinski definition) is 3. The Labute approximate surface area is 130 Å². The van der Waals surface area contributed by atoms with E-state index in [1.54, 1.807) is 18.1 Å². The Morgan fingerprint density at radius 1 is 1.41 bits per heavy atom. The molecule has 1 aromatic rings. The van der Waals surface area contributed by atoms with Crippen LogP contribution in [0.25, 0.3) is 0 Å². The van der Waals surface area contributed by atoms with Gasteiger partial charge in [-0.2, -0.15) is 0 Å². The van der Waals surface area contributed by atoms with Gasteiger partial charge in [0.1, 0.15) is 11.6 Å². The smallest absolute Gasteiger partial charge is 0.318 e. The average Bonchev–Trinajstić information content (AvgIpc) is 2.53. The van der Waals surface area contributed by atoms with Crippen LogP contribution in [0.5, 0.6) is 5.75 Å². The first-order valence-corrected chi connectivity index (χ1v) is 7.15. The predicted molar refractivity (Wildman–Crippen MR) is 82.0 cm³/mol. The lowest BCUT2D eigenvalue weighted by Gasteiger charge is -2.34. The molecule has 2 amide bonds. The summed E-state index contributed by atoms with van der Waals surface area (Å²) in [5.41, 5.74) is 0.813. The van der Waals surface area contributed by atoms with Crippen molar-refractivity contribution in [3.8, 4) is 18.1 Å². The van der Waals surface area contributed by atoms with Crippen LogP contribution in [0.4, 0.5) is 9.18 Å². The predicted octanol–water partition coefficient (Wildman–Crippen LogP) is 1.29. The van der Waals surface area contributed by atoms with Gasteiger partial charge in [0.15, 0.2) is 0 Å². The molecule has 0 bridgehead atoms. The summed E-state index contributed by atoms with van der Waals surface area (Å²) in [6, 6.07) is 4.37. The van der Waals surface area contributed by atoms with E-state index >= 15 is 0 Å². The molecule has 1 N–H and O–H groups in total. The van der Waals surface area contributed by atoms with Gasteiger partial charge in [-0.1, -0.05) is 5.92 Å². The van der Waals surface area contributed by atoms with Gasteiger partial charge in [0.2, 0.25) is 0 Å². The van der Waals surface area contributed by atoms with Crippen LogP contribution in [-0.2, 0) is 6.54 Å². The highest BCUT2D eigenvalue weighted by Gasteiger charge is 2.21. The van der Waals surface area contributed by atoms with E-state index in [2.05, 4.69) is 16.1 Å². The van der Waals surface area contributed by atoms with E-state index in [-0.39, 0.29) is 18.4 Å². The summed E-state index contributed by atoms with van der Waals surface area (Å²) in [5.74, 6) is 2.78. The van der Waals surface area contributed by atoms with Crippen molar-refractivity contribution in [3.05, 3.63) is 29.6 Å². The zero-order chi connectivity index (χ0) is 15.9. The second kappa shape index (κ2) is 7.66. The van der Waals surface area contributed by atoms with Crippen molar-refractivity contribution in [2.45, 2.75) is 6.54 Å². The molecule has 0 atom stereocenters. The largest absolute Gasteiger partial charge is 0.496 e. The van der Waals surface area contributed by atoms with Crippen molar-refractivity contribution in [1.82, 2.24) is 15.1 Å². The molecular weight excluding hydrogens is 285 g/mol. The maximum atomic E-state index is 13.4. The fourth-order valence-electron chi connectivity index (χ4n) is 2.46. The first-order chi connectivity index (χ1) is 10.6.